The van der Waals surface area contributed by atoms with Crippen molar-refractivity contribution in [3.63, 3.8) is 0 Å². The molecule has 0 unspecified atom stereocenters. The van der Waals surface area contributed by atoms with Gasteiger partial charge >= 0.3 is 0 Å². The third-order valence-electron chi connectivity index (χ3n) is 2.54. The number of benzene rings is 2. The lowest BCUT2D eigenvalue weighted by Crippen LogP contribution is -2.00. The Morgan fingerprint density at radius 1 is 1.24 bits per heavy atom. The van der Waals surface area contributed by atoms with Gasteiger partial charge in [-0.2, -0.15) is 8.42 Å². The summed E-state index contributed by atoms with van der Waals surface area (Å²) >= 11 is 0. The van der Waals surface area contributed by atoms with E-state index in [0.717, 1.165) is 10.9 Å². The first kappa shape index (κ1) is 11.8. The number of hydrogen-bond acceptors (Lipinski definition) is 2. The largest absolute Gasteiger partial charge is 0.295 e. The molecule has 0 aliphatic rings. The number of fused-ring (bicyclic) bond motifs is 1. The molecular weight excluding hydrogens is 236 g/mol. The maximum absolute atomic E-state index is 11.3. The van der Waals surface area contributed by atoms with Gasteiger partial charge in [-0.05, 0) is 23.4 Å². The molecule has 0 radical (unpaired) electrons. The average Bonchev–Trinajstić information content (AvgIpc) is 2.27. The van der Waals surface area contributed by atoms with Gasteiger partial charge in [0.25, 0.3) is 10.1 Å². The van der Waals surface area contributed by atoms with E-state index in [4.69, 9.17) is 0 Å². The van der Waals surface area contributed by atoms with Crippen LogP contribution in [0.25, 0.3) is 10.8 Å². The van der Waals surface area contributed by atoms with Gasteiger partial charge in [-0.25, -0.2) is 0 Å². The fourth-order valence-corrected chi connectivity index (χ4v) is 2.60. The molecule has 0 bridgehead atoms. The Morgan fingerprint density at radius 2 is 1.94 bits per heavy atom. The van der Waals surface area contributed by atoms with Gasteiger partial charge in [0, 0.05) is 5.39 Å². The van der Waals surface area contributed by atoms with E-state index in [2.05, 4.69) is 6.58 Å². The topological polar surface area (TPSA) is 54.4 Å². The highest BCUT2D eigenvalue weighted by molar-refractivity contribution is 7.86. The van der Waals surface area contributed by atoms with Crippen LogP contribution in [0.15, 0.2) is 53.9 Å². The Morgan fingerprint density at radius 3 is 2.59 bits per heavy atom. The van der Waals surface area contributed by atoms with E-state index in [-0.39, 0.29) is 4.90 Å². The standard InChI is InChI=1S/C13H12O3S/c1-2-5-10-8-11-6-3-4-7-12(11)13(9-10)17(14,15)16/h2-4,6-9H,1,5H2,(H,14,15,16). The Bertz CT molecular complexity index is 672. The lowest BCUT2D eigenvalue weighted by molar-refractivity contribution is 0.484. The van der Waals surface area contributed by atoms with Crippen LogP contribution in [0.1, 0.15) is 5.56 Å². The molecule has 2 aromatic rings. The summed E-state index contributed by atoms with van der Waals surface area (Å²) in [5.74, 6) is 0. The number of allylic oxidation sites excluding steroid dienone is 1. The molecule has 0 fully saturated rings. The summed E-state index contributed by atoms with van der Waals surface area (Å²) in [4.78, 5) is -0.0487. The Hall–Kier alpha value is -1.65. The maximum atomic E-state index is 11.3. The Balaban J connectivity index is 2.83. The van der Waals surface area contributed by atoms with Gasteiger partial charge in [-0.3, -0.25) is 4.55 Å². The molecule has 0 aliphatic carbocycles. The second-order valence-electron chi connectivity index (χ2n) is 3.78. The van der Waals surface area contributed by atoms with E-state index in [1.807, 2.05) is 18.2 Å². The van der Waals surface area contributed by atoms with Crippen LogP contribution in [-0.4, -0.2) is 13.0 Å². The summed E-state index contributed by atoms with van der Waals surface area (Å²) in [5, 5.41) is 1.32. The second-order valence-corrected chi connectivity index (χ2v) is 5.17. The van der Waals surface area contributed by atoms with Crippen LogP contribution in [-0.2, 0) is 16.5 Å². The highest BCUT2D eigenvalue weighted by Gasteiger charge is 2.14. The van der Waals surface area contributed by atoms with Crippen LogP contribution in [0, 0.1) is 0 Å². The van der Waals surface area contributed by atoms with Crippen LogP contribution >= 0.6 is 0 Å². The fraction of sp³-hybridized carbons (Fsp3) is 0.0769. The van der Waals surface area contributed by atoms with E-state index < -0.39 is 10.1 Å². The molecular formula is C13H12O3S. The van der Waals surface area contributed by atoms with Crippen molar-refractivity contribution in [3.8, 4) is 0 Å². The molecule has 0 heterocycles. The summed E-state index contributed by atoms with van der Waals surface area (Å²) in [6, 6.07) is 10.4. The highest BCUT2D eigenvalue weighted by Crippen LogP contribution is 2.25. The molecule has 2 aromatic carbocycles. The molecule has 1 N–H and O–H groups in total. The van der Waals surface area contributed by atoms with Crippen molar-refractivity contribution in [3.05, 3.63) is 54.6 Å². The first-order valence-electron chi connectivity index (χ1n) is 5.12. The lowest BCUT2D eigenvalue weighted by atomic mass is 10.1. The van der Waals surface area contributed by atoms with Crippen LogP contribution in [0.5, 0.6) is 0 Å². The molecule has 0 saturated heterocycles. The minimum Gasteiger partial charge on any atom is -0.282 e. The number of rotatable bonds is 3. The van der Waals surface area contributed by atoms with E-state index >= 15 is 0 Å². The van der Waals surface area contributed by atoms with Gasteiger partial charge in [-0.1, -0.05) is 36.4 Å². The van der Waals surface area contributed by atoms with Crippen LogP contribution in [0.4, 0.5) is 0 Å². The lowest BCUT2D eigenvalue weighted by Gasteiger charge is -2.06. The van der Waals surface area contributed by atoms with Crippen molar-refractivity contribution in [1.82, 2.24) is 0 Å². The second kappa shape index (κ2) is 4.31. The molecule has 2 rings (SSSR count). The van der Waals surface area contributed by atoms with Crippen molar-refractivity contribution in [2.24, 2.45) is 0 Å². The van der Waals surface area contributed by atoms with Crippen LogP contribution in [0.3, 0.4) is 0 Å². The van der Waals surface area contributed by atoms with Gasteiger partial charge in [0.15, 0.2) is 0 Å². The zero-order valence-electron chi connectivity index (χ0n) is 9.13. The minimum absolute atomic E-state index is 0.0487. The zero-order chi connectivity index (χ0) is 12.5. The van der Waals surface area contributed by atoms with Crippen molar-refractivity contribution in [2.75, 3.05) is 0 Å². The smallest absolute Gasteiger partial charge is 0.282 e. The summed E-state index contributed by atoms with van der Waals surface area (Å²) in [5.41, 5.74) is 0.811. The van der Waals surface area contributed by atoms with Gasteiger partial charge in [0.1, 0.15) is 4.90 Å². The van der Waals surface area contributed by atoms with Gasteiger partial charge in [0.2, 0.25) is 0 Å². The molecule has 4 heteroatoms. The summed E-state index contributed by atoms with van der Waals surface area (Å²) < 4.78 is 31.9. The molecule has 0 saturated carbocycles. The third-order valence-corrected chi connectivity index (χ3v) is 3.44. The van der Waals surface area contributed by atoms with Crippen molar-refractivity contribution >= 4 is 20.9 Å². The Labute approximate surface area is 100 Å². The molecule has 0 amide bonds. The molecule has 0 aromatic heterocycles. The van der Waals surface area contributed by atoms with E-state index in [1.54, 1.807) is 18.2 Å². The molecule has 3 nitrogen and oxygen atoms in total. The van der Waals surface area contributed by atoms with E-state index in [9.17, 15) is 13.0 Å². The van der Waals surface area contributed by atoms with Crippen LogP contribution in [0.2, 0.25) is 0 Å². The molecule has 0 spiro atoms. The predicted octanol–water partition coefficient (Wildman–Crippen LogP) is 2.82. The van der Waals surface area contributed by atoms with Crippen molar-refractivity contribution in [1.29, 1.82) is 0 Å². The van der Waals surface area contributed by atoms with Crippen LogP contribution < -0.4 is 0 Å². The quantitative estimate of drug-likeness (QED) is 0.671. The predicted molar refractivity (Wildman–Crippen MR) is 67.7 cm³/mol. The molecule has 17 heavy (non-hydrogen) atoms. The molecule has 88 valence electrons. The van der Waals surface area contributed by atoms with Gasteiger partial charge in [0.05, 0.1) is 0 Å². The van der Waals surface area contributed by atoms with Gasteiger partial charge in [-0.15, -0.1) is 6.58 Å². The summed E-state index contributed by atoms with van der Waals surface area (Å²) in [7, 11) is -4.20. The minimum atomic E-state index is -4.20. The first-order valence-corrected chi connectivity index (χ1v) is 6.56. The van der Waals surface area contributed by atoms with E-state index in [1.165, 1.54) is 6.07 Å². The normalized spacial score (nSPS) is 11.6. The average molecular weight is 248 g/mol. The summed E-state index contributed by atoms with van der Waals surface area (Å²) in [6.45, 7) is 3.62. The van der Waals surface area contributed by atoms with Gasteiger partial charge < -0.3 is 0 Å². The van der Waals surface area contributed by atoms with Crippen molar-refractivity contribution < 1.29 is 13.0 Å². The first-order chi connectivity index (χ1) is 8.02. The molecule has 0 aliphatic heterocycles. The SMILES string of the molecule is C=CCc1cc(S(=O)(=O)O)c2ccccc2c1. The van der Waals surface area contributed by atoms with Crippen molar-refractivity contribution in [2.45, 2.75) is 11.3 Å². The zero-order valence-corrected chi connectivity index (χ0v) is 9.94. The maximum Gasteiger partial charge on any atom is 0.295 e. The Kier molecular flexibility index (Phi) is 3.00. The van der Waals surface area contributed by atoms with E-state index in [0.29, 0.717) is 11.8 Å². The monoisotopic (exact) mass is 248 g/mol. The summed E-state index contributed by atoms with van der Waals surface area (Å²) in [6.07, 6.45) is 2.26. The third kappa shape index (κ3) is 2.38. The fourth-order valence-electron chi connectivity index (χ4n) is 1.83. The highest BCUT2D eigenvalue weighted by atomic mass is 32.2. The molecule has 0 atom stereocenters. The number of hydrogen-bond donors (Lipinski definition) is 1.